The van der Waals surface area contributed by atoms with Gasteiger partial charge in [0, 0.05) is 84.4 Å². The molecule has 1 aliphatic carbocycles. The monoisotopic (exact) mass is 671 g/mol. The highest BCUT2D eigenvalue weighted by atomic mass is 16.7. The summed E-state index contributed by atoms with van der Waals surface area (Å²) in [6, 6.07) is 7.78. The summed E-state index contributed by atoms with van der Waals surface area (Å²) in [6.07, 6.45) is 5.10. The maximum atomic E-state index is 14.8. The zero-order valence-electron chi connectivity index (χ0n) is 29.6. The van der Waals surface area contributed by atoms with Crippen LogP contribution in [0.1, 0.15) is 69.1 Å². The average molecular weight is 672 g/mol. The van der Waals surface area contributed by atoms with Crippen molar-refractivity contribution in [2.24, 2.45) is 13.0 Å². The minimum atomic E-state index is -0.683. The molecule has 2 unspecified atom stereocenters. The van der Waals surface area contributed by atoms with E-state index in [9.17, 15) is 14.4 Å². The normalized spacial score (nSPS) is 18.0. The van der Waals surface area contributed by atoms with Gasteiger partial charge >= 0.3 is 6.09 Å². The van der Waals surface area contributed by atoms with Gasteiger partial charge in [0.2, 0.25) is 5.91 Å². The average Bonchev–Trinajstić information content (AvgIpc) is 3.88. The minimum Gasteiger partial charge on any atom is -0.491 e. The van der Waals surface area contributed by atoms with Gasteiger partial charge in [0.05, 0.1) is 12.5 Å². The third-order valence-electron chi connectivity index (χ3n) is 8.56. The van der Waals surface area contributed by atoms with Crippen molar-refractivity contribution in [2.45, 2.75) is 77.0 Å². The molecule has 0 spiro atoms. The predicted molar refractivity (Wildman–Crippen MR) is 180 cm³/mol. The third-order valence-corrected chi connectivity index (χ3v) is 8.56. The van der Waals surface area contributed by atoms with Crippen LogP contribution < -0.4 is 15.0 Å². The lowest BCUT2D eigenvalue weighted by atomic mass is 9.79. The molecule has 2 atom stereocenters. The molecule has 12 heteroatoms. The Hall–Kier alpha value is -3.61. The Morgan fingerprint density at radius 2 is 1.65 bits per heavy atom. The number of hydrogen-bond acceptors (Lipinski definition) is 9. The summed E-state index contributed by atoms with van der Waals surface area (Å²) in [4.78, 5) is 44.6. The fraction of sp³-hybridized carbons (Fsp3) is 0.639. The molecule has 266 valence electrons. The van der Waals surface area contributed by atoms with Crippen LogP contribution >= 0.6 is 0 Å². The molecule has 1 aromatic heterocycles. The standard InChI is InChI=1S/C36H53N3O9/c1-36(2,3)48-35(42)38-13-12-29(30-20-33(40)37(4)23-32(30)47-24-45-7)31(22-38)34(41)39(27-10-11-27)21-26-17-25(9-8-14-43-5)18-28(19-26)46-16-15-44-6/h17-20,23,27,29,31H,8-16,21-22,24H2,1-7H3. The second-order valence-corrected chi connectivity index (χ2v) is 13.6. The highest BCUT2D eigenvalue weighted by Crippen LogP contribution is 2.41. The lowest BCUT2D eigenvalue weighted by Gasteiger charge is -2.41. The number of aryl methyl sites for hydroxylation is 2. The molecule has 1 saturated carbocycles. The Bertz CT molecular complexity index is 1400. The van der Waals surface area contributed by atoms with Crippen LogP contribution in [-0.4, -0.2) is 99.0 Å². The number of rotatable bonds is 16. The number of carbonyl (C=O) groups is 2. The number of ether oxygens (including phenoxy) is 6. The first-order chi connectivity index (χ1) is 22.9. The summed E-state index contributed by atoms with van der Waals surface area (Å²) in [5, 5.41) is 0. The van der Waals surface area contributed by atoms with Crippen molar-refractivity contribution in [3.05, 3.63) is 57.5 Å². The van der Waals surface area contributed by atoms with Gasteiger partial charge in [0.1, 0.15) is 23.7 Å². The fourth-order valence-corrected chi connectivity index (χ4v) is 6.11. The second kappa shape index (κ2) is 17.2. The molecule has 1 aliphatic heterocycles. The molecule has 2 heterocycles. The van der Waals surface area contributed by atoms with E-state index in [1.165, 1.54) is 11.7 Å². The second-order valence-electron chi connectivity index (χ2n) is 13.6. The van der Waals surface area contributed by atoms with Crippen molar-refractivity contribution in [3.63, 3.8) is 0 Å². The smallest absolute Gasteiger partial charge is 0.410 e. The van der Waals surface area contributed by atoms with Crippen molar-refractivity contribution < 1.29 is 38.0 Å². The molecule has 0 bridgehead atoms. The Balaban J connectivity index is 1.69. The topological polar surface area (TPSA) is 118 Å². The SMILES string of the molecule is COCCCc1cc(CN(C(=O)C2CN(C(=O)OC(C)(C)C)CCC2c2cc(=O)n(C)cc2OCOC)C2CC2)cc(OCCOC)c1. The quantitative estimate of drug-likeness (QED) is 0.188. The van der Waals surface area contributed by atoms with Crippen LogP contribution in [0.15, 0.2) is 35.3 Å². The van der Waals surface area contributed by atoms with E-state index in [4.69, 9.17) is 28.4 Å². The zero-order chi connectivity index (χ0) is 34.8. The van der Waals surface area contributed by atoms with Crippen LogP contribution in [-0.2, 0) is 43.8 Å². The van der Waals surface area contributed by atoms with Crippen molar-refractivity contribution in [2.75, 3.05) is 61.0 Å². The zero-order valence-corrected chi connectivity index (χ0v) is 29.6. The molecule has 0 N–H and O–H groups in total. The molecule has 4 rings (SSSR count). The molecular formula is C36H53N3O9. The van der Waals surface area contributed by atoms with Gasteiger partial charge in [-0.2, -0.15) is 0 Å². The first-order valence-corrected chi connectivity index (χ1v) is 16.8. The van der Waals surface area contributed by atoms with E-state index < -0.39 is 17.6 Å². The molecule has 1 saturated heterocycles. The van der Waals surface area contributed by atoms with Crippen molar-refractivity contribution in [3.8, 4) is 11.5 Å². The highest BCUT2D eigenvalue weighted by Gasteiger charge is 2.44. The Morgan fingerprint density at radius 1 is 0.917 bits per heavy atom. The van der Waals surface area contributed by atoms with E-state index in [-0.39, 0.29) is 36.8 Å². The van der Waals surface area contributed by atoms with Crippen molar-refractivity contribution in [1.29, 1.82) is 0 Å². The summed E-state index contributed by atoms with van der Waals surface area (Å²) >= 11 is 0. The number of carbonyl (C=O) groups excluding carboxylic acids is 2. The number of piperidine rings is 1. The number of pyridine rings is 1. The first kappa shape index (κ1) is 37.2. The largest absolute Gasteiger partial charge is 0.491 e. The van der Waals surface area contributed by atoms with Gasteiger partial charge in [-0.3, -0.25) is 9.59 Å². The molecular weight excluding hydrogens is 618 g/mol. The molecule has 0 radical (unpaired) electrons. The van der Waals surface area contributed by atoms with Crippen LogP contribution in [0, 0.1) is 5.92 Å². The lowest BCUT2D eigenvalue weighted by molar-refractivity contribution is -0.139. The number of aromatic nitrogens is 1. The maximum Gasteiger partial charge on any atom is 0.410 e. The third kappa shape index (κ3) is 10.4. The molecule has 2 aromatic rings. The summed E-state index contributed by atoms with van der Waals surface area (Å²) in [5.74, 6) is 0.136. The Labute approximate surface area is 284 Å². The Kier molecular flexibility index (Phi) is 13.3. The maximum absolute atomic E-state index is 14.8. The van der Waals surface area contributed by atoms with E-state index in [1.807, 2.05) is 37.8 Å². The van der Waals surface area contributed by atoms with E-state index in [2.05, 4.69) is 6.07 Å². The summed E-state index contributed by atoms with van der Waals surface area (Å²) < 4.78 is 34.7. The molecule has 1 aromatic carbocycles. The van der Waals surface area contributed by atoms with E-state index in [1.54, 1.807) is 38.4 Å². The number of methoxy groups -OCH3 is 3. The lowest BCUT2D eigenvalue weighted by Crippen LogP contribution is -2.51. The van der Waals surface area contributed by atoms with Gasteiger partial charge in [-0.1, -0.05) is 6.07 Å². The predicted octanol–water partition coefficient (Wildman–Crippen LogP) is 4.50. The van der Waals surface area contributed by atoms with Crippen molar-refractivity contribution >= 4 is 12.0 Å². The van der Waals surface area contributed by atoms with E-state index in [0.717, 1.165) is 42.6 Å². The Morgan fingerprint density at radius 3 is 2.31 bits per heavy atom. The summed E-state index contributed by atoms with van der Waals surface area (Å²) in [6.45, 7) is 7.91. The van der Waals surface area contributed by atoms with Gasteiger partial charge in [0.15, 0.2) is 6.79 Å². The van der Waals surface area contributed by atoms with Crippen LogP contribution in [0.4, 0.5) is 4.79 Å². The van der Waals surface area contributed by atoms with Crippen LogP contribution in [0.5, 0.6) is 11.5 Å². The molecule has 2 fully saturated rings. The van der Waals surface area contributed by atoms with Gasteiger partial charge in [0.25, 0.3) is 5.56 Å². The first-order valence-electron chi connectivity index (χ1n) is 16.8. The fourth-order valence-electron chi connectivity index (χ4n) is 6.11. The number of nitrogens with zero attached hydrogens (tertiary/aromatic N) is 3. The molecule has 48 heavy (non-hydrogen) atoms. The molecule has 2 aliphatic rings. The van der Waals surface area contributed by atoms with E-state index >= 15 is 0 Å². The number of hydrogen-bond donors (Lipinski definition) is 0. The van der Waals surface area contributed by atoms with Gasteiger partial charge < -0.3 is 42.8 Å². The highest BCUT2D eigenvalue weighted by molar-refractivity contribution is 5.82. The summed E-state index contributed by atoms with van der Waals surface area (Å²) in [5.41, 5.74) is 1.82. The van der Waals surface area contributed by atoms with Gasteiger partial charge in [-0.05, 0) is 76.1 Å². The van der Waals surface area contributed by atoms with Gasteiger partial charge in [-0.25, -0.2) is 4.79 Å². The number of likely N-dealkylation sites (tertiary alicyclic amines) is 1. The minimum absolute atomic E-state index is 0.00965. The van der Waals surface area contributed by atoms with Gasteiger partial charge in [-0.15, -0.1) is 0 Å². The van der Waals surface area contributed by atoms with Crippen LogP contribution in [0.2, 0.25) is 0 Å². The van der Waals surface area contributed by atoms with Crippen LogP contribution in [0.3, 0.4) is 0 Å². The summed E-state index contributed by atoms with van der Waals surface area (Å²) in [7, 11) is 6.52. The molecule has 12 nitrogen and oxygen atoms in total. The number of benzene rings is 1. The number of amides is 2. The molecule has 2 amide bonds. The van der Waals surface area contributed by atoms with E-state index in [0.29, 0.717) is 50.6 Å². The van der Waals surface area contributed by atoms with Crippen molar-refractivity contribution in [1.82, 2.24) is 14.4 Å². The van der Waals surface area contributed by atoms with Crippen LogP contribution in [0.25, 0.3) is 0 Å².